The first-order valence-electron chi connectivity index (χ1n) is 6.07. The Morgan fingerprint density at radius 3 is 2.76 bits per heavy atom. The summed E-state index contributed by atoms with van der Waals surface area (Å²) in [5, 5.41) is 6.07. The van der Waals surface area contributed by atoms with Crippen LogP contribution in [0.25, 0.3) is 0 Å². The molecule has 0 saturated heterocycles. The molecule has 4 heteroatoms. The fourth-order valence-electron chi connectivity index (χ4n) is 1.41. The predicted molar refractivity (Wildman–Crippen MR) is 68.6 cm³/mol. The van der Waals surface area contributed by atoms with Gasteiger partial charge in [-0.1, -0.05) is 13.0 Å². The van der Waals surface area contributed by atoms with Gasteiger partial charge in [0.15, 0.2) is 0 Å². The van der Waals surface area contributed by atoms with Gasteiger partial charge in [-0.3, -0.25) is 9.78 Å². The van der Waals surface area contributed by atoms with Gasteiger partial charge >= 0.3 is 0 Å². The summed E-state index contributed by atoms with van der Waals surface area (Å²) in [7, 11) is 0. The van der Waals surface area contributed by atoms with Crippen LogP contribution in [0.15, 0.2) is 24.4 Å². The van der Waals surface area contributed by atoms with Crippen LogP contribution in [0.2, 0.25) is 0 Å². The molecule has 0 aliphatic rings. The van der Waals surface area contributed by atoms with Crippen LogP contribution < -0.4 is 10.6 Å². The molecule has 1 aromatic heterocycles. The van der Waals surface area contributed by atoms with Gasteiger partial charge in [-0.2, -0.15) is 0 Å². The zero-order valence-electron chi connectivity index (χ0n) is 10.7. The van der Waals surface area contributed by atoms with E-state index in [2.05, 4.69) is 29.5 Å². The van der Waals surface area contributed by atoms with Crippen LogP contribution in [0.3, 0.4) is 0 Å². The summed E-state index contributed by atoms with van der Waals surface area (Å²) >= 11 is 0. The maximum atomic E-state index is 11.6. The number of carbonyl (C=O) groups is 1. The molecule has 1 amide bonds. The van der Waals surface area contributed by atoms with Crippen molar-refractivity contribution in [1.29, 1.82) is 0 Å². The Hall–Kier alpha value is -1.42. The monoisotopic (exact) mass is 235 g/mol. The zero-order valence-corrected chi connectivity index (χ0v) is 10.7. The van der Waals surface area contributed by atoms with Crippen molar-refractivity contribution < 1.29 is 4.79 Å². The summed E-state index contributed by atoms with van der Waals surface area (Å²) in [6.45, 7) is 6.44. The fraction of sp³-hybridized carbons (Fsp3) is 0.538. The molecule has 0 aliphatic heterocycles. The number of pyridine rings is 1. The van der Waals surface area contributed by atoms with Crippen LogP contribution in [0, 0.1) is 0 Å². The highest BCUT2D eigenvalue weighted by Crippen LogP contribution is 2.06. The van der Waals surface area contributed by atoms with Crippen molar-refractivity contribution in [3.05, 3.63) is 30.1 Å². The second-order valence-corrected chi connectivity index (χ2v) is 4.23. The third-order valence-electron chi connectivity index (χ3n) is 2.73. The first kappa shape index (κ1) is 13.6. The van der Waals surface area contributed by atoms with E-state index in [1.54, 1.807) is 6.20 Å². The molecular weight excluding hydrogens is 214 g/mol. The van der Waals surface area contributed by atoms with Gasteiger partial charge in [0.1, 0.15) is 0 Å². The lowest BCUT2D eigenvalue weighted by atomic mass is 10.2. The van der Waals surface area contributed by atoms with E-state index in [0.29, 0.717) is 12.6 Å². The molecule has 1 rings (SSSR count). The summed E-state index contributed by atoms with van der Waals surface area (Å²) in [6.07, 6.45) is 2.75. The molecule has 2 N–H and O–H groups in total. The zero-order chi connectivity index (χ0) is 12.7. The Kier molecular flexibility index (Phi) is 5.63. The van der Waals surface area contributed by atoms with Crippen molar-refractivity contribution in [2.24, 2.45) is 0 Å². The number of hydrogen-bond acceptors (Lipinski definition) is 3. The van der Waals surface area contributed by atoms with Crippen molar-refractivity contribution in [3.8, 4) is 0 Å². The highest BCUT2D eigenvalue weighted by molar-refractivity contribution is 5.78. The van der Waals surface area contributed by atoms with Crippen molar-refractivity contribution in [2.75, 3.05) is 6.54 Å². The number of nitrogens with one attached hydrogen (secondary N) is 2. The molecule has 0 bridgehead atoms. The largest absolute Gasteiger partial charge is 0.347 e. The van der Waals surface area contributed by atoms with Crippen LogP contribution >= 0.6 is 0 Å². The molecule has 1 aromatic rings. The number of aromatic nitrogens is 1. The van der Waals surface area contributed by atoms with Crippen LogP contribution in [0.4, 0.5) is 0 Å². The van der Waals surface area contributed by atoms with E-state index in [9.17, 15) is 4.79 Å². The van der Waals surface area contributed by atoms with Gasteiger partial charge in [0, 0.05) is 12.2 Å². The minimum Gasteiger partial charge on any atom is -0.347 e. The molecule has 0 aliphatic carbocycles. The van der Waals surface area contributed by atoms with Crippen LogP contribution in [0.1, 0.15) is 38.9 Å². The van der Waals surface area contributed by atoms with E-state index in [0.717, 1.165) is 12.1 Å². The Morgan fingerprint density at radius 2 is 2.18 bits per heavy atom. The van der Waals surface area contributed by atoms with Gasteiger partial charge in [0.2, 0.25) is 5.91 Å². The molecule has 17 heavy (non-hydrogen) atoms. The van der Waals surface area contributed by atoms with Gasteiger partial charge in [-0.15, -0.1) is 0 Å². The normalized spacial score (nSPS) is 14.1. The summed E-state index contributed by atoms with van der Waals surface area (Å²) < 4.78 is 0. The Balaban J connectivity index is 2.36. The topological polar surface area (TPSA) is 54.0 Å². The number of hydrogen-bond donors (Lipinski definition) is 2. The first-order valence-corrected chi connectivity index (χ1v) is 6.07. The second kappa shape index (κ2) is 7.01. The Morgan fingerprint density at radius 1 is 1.41 bits per heavy atom. The van der Waals surface area contributed by atoms with E-state index in [1.165, 1.54) is 0 Å². The fourth-order valence-corrected chi connectivity index (χ4v) is 1.41. The van der Waals surface area contributed by atoms with Gasteiger partial charge in [-0.05, 0) is 32.4 Å². The third kappa shape index (κ3) is 4.95. The molecular formula is C13H21N3O. The Bertz CT molecular complexity index is 340. The minimum atomic E-state index is -0.0533. The lowest BCUT2D eigenvalue weighted by Gasteiger charge is -2.15. The summed E-state index contributed by atoms with van der Waals surface area (Å²) in [4.78, 5) is 15.9. The Labute approximate surface area is 103 Å². The summed E-state index contributed by atoms with van der Waals surface area (Å²) in [6, 6.07) is 6.01. The van der Waals surface area contributed by atoms with Crippen LogP contribution in [0.5, 0.6) is 0 Å². The maximum absolute atomic E-state index is 11.6. The lowest BCUT2D eigenvalue weighted by molar-refractivity contribution is -0.121. The molecule has 1 unspecified atom stereocenters. The number of amides is 1. The van der Waals surface area contributed by atoms with Crippen LogP contribution in [-0.4, -0.2) is 23.5 Å². The standard InChI is InChI=1S/C13H21N3O/c1-4-10(2)15-9-13(17)16-11(3)12-7-5-6-8-14-12/h5-8,10-11,15H,4,9H2,1-3H3,(H,16,17)/t10?,11-/m1/s1. The van der Waals surface area contributed by atoms with Crippen LogP contribution in [-0.2, 0) is 4.79 Å². The molecule has 0 saturated carbocycles. The molecule has 0 aromatic carbocycles. The SMILES string of the molecule is CCC(C)NCC(=O)N[C@H](C)c1ccccn1. The van der Waals surface area contributed by atoms with E-state index < -0.39 is 0 Å². The molecule has 2 atom stereocenters. The quantitative estimate of drug-likeness (QED) is 0.788. The minimum absolute atomic E-state index is 0.00320. The van der Waals surface area contributed by atoms with Gasteiger partial charge in [0.25, 0.3) is 0 Å². The first-order chi connectivity index (χ1) is 8.13. The number of nitrogens with zero attached hydrogens (tertiary/aromatic N) is 1. The molecule has 0 spiro atoms. The van der Waals surface area contributed by atoms with Gasteiger partial charge < -0.3 is 10.6 Å². The number of carbonyl (C=O) groups excluding carboxylic acids is 1. The summed E-state index contributed by atoms with van der Waals surface area (Å²) in [5.41, 5.74) is 0.879. The van der Waals surface area contributed by atoms with Crippen molar-refractivity contribution in [2.45, 2.75) is 39.3 Å². The molecule has 94 valence electrons. The predicted octanol–water partition coefficient (Wildman–Crippen LogP) is 1.65. The number of rotatable bonds is 6. The van der Waals surface area contributed by atoms with Crippen molar-refractivity contribution >= 4 is 5.91 Å². The average molecular weight is 235 g/mol. The lowest BCUT2D eigenvalue weighted by Crippen LogP contribution is -2.38. The van der Waals surface area contributed by atoms with Gasteiger partial charge in [0.05, 0.1) is 18.3 Å². The summed E-state index contributed by atoms with van der Waals surface area (Å²) in [5.74, 6) is 0.00320. The van der Waals surface area contributed by atoms with Gasteiger partial charge in [-0.25, -0.2) is 0 Å². The average Bonchev–Trinajstić information content (AvgIpc) is 2.36. The molecule has 0 radical (unpaired) electrons. The maximum Gasteiger partial charge on any atom is 0.234 e. The third-order valence-corrected chi connectivity index (χ3v) is 2.73. The van der Waals surface area contributed by atoms with Crippen molar-refractivity contribution in [3.63, 3.8) is 0 Å². The highest BCUT2D eigenvalue weighted by atomic mass is 16.1. The smallest absolute Gasteiger partial charge is 0.234 e. The highest BCUT2D eigenvalue weighted by Gasteiger charge is 2.10. The molecule has 4 nitrogen and oxygen atoms in total. The van der Waals surface area contributed by atoms with E-state index in [-0.39, 0.29) is 11.9 Å². The van der Waals surface area contributed by atoms with E-state index in [4.69, 9.17) is 0 Å². The molecule has 0 fully saturated rings. The second-order valence-electron chi connectivity index (χ2n) is 4.23. The van der Waals surface area contributed by atoms with Crippen molar-refractivity contribution in [1.82, 2.24) is 15.6 Å². The van der Waals surface area contributed by atoms with E-state index in [1.807, 2.05) is 25.1 Å². The molecule has 1 heterocycles. The van der Waals surface area contributed by atoms with E-state index >= 15 is 0 Å².